The van der Waals surface area contributed by atoms with E-state index in [1.165, 1.54) is 4.68 Å². The van der Waals surface area contributed by atoms with Crippen LogP contribution < -0.4 is 11.3 Å². The van der Waals surface area contributed by atoms with Gasteiger partial charge in [0.1, 0.15) is 0 Å². The molecule has 2 rings (SSSR count). The topological polar surface area (TPSA) is 63.8 Å². The van der Waals surface area contributed by atoms with Crippen molar-refractivity contribution in [1.82, 2.24) is 9.78 Å². The molecule has 84 valence electrons. The van der Waals surface area contributed by atoms with Gasteiger partial charge in [0.05, 0.1) is 5.69 Å². The van der Waals surface area contributed by atoms with Crippen LogP contribution in [0.25, 0.3) is 5.69 Å². The molecular formula is C12H15N3O. The lowest BCUT2D eigenvalue weighted by Crippen LogP contribution is -2.13. The standard InChI is InChI=1S/C12H15N3O/c1-9(8-13)11-7-12(16)15(14-11)10-5-3-2-4-6-10/h2-7,9,14H,8,13H2,1H3. The molecule has 0 aliphatic rings. The molecule has 1 unspecified atom stereocenters. The molecule has 1 aromatic heterocycles. The second kappa shape index (κ2) is 4.37. The number of para-hydroxylation sites is 1. The van der Waals surface area contributed by atoms with Crippen molar-refractivity contribution in [2.75, 3.05) is 6.54 Å². The molecule has 4 heteroatoms. The summed E-state index contributed by atoms with van der Waals surface area (Å²) >= 11 is 0. The third kappa shape index (κ3) is 1.92. The fraction of sp³-hybridized carbons (Fsp3) is 0.250. The molecule has 0 spiro atoms. The number of rotatable bonds is 3. The van der Waals surface area contributed by atoms with Gasteiger partial charge < -0.3 is 5.73 Å². The molecule has 0 fully saturated rings. The molecule has 4 nitrogen and oxygen atoms in total. The first-order valence-corrected chi connectivity index (χ1v) is 5.30. The van der Waals surface area contributed by atoms with Crippen molar-refractivity contribution in [2.45, 2.75) is 12.8 Å². The maximum absolute atomic E-state index is 11.8. The molecule has 3 N–H and O–H groups in total. The highest BCUT2D eigenvalue weighted by atomic mass is 16.1. The number of hydrogen-bond acceptors (Lipinski definition) is 2. The summed E-state index contributed by atoms with van der Waals surface area (Å²) in [5.41, 5.74) is 7.22. The number of H-pyrrole nitrogens is 1. The lowest BCUT2D eigenvalue weighted by Gasteiger charge is -2.05. The van der Waals surface area contributed by atoms with Crippen molar-refractivity contribution >= 4 is 0 Å². The molecule has 0 saturated heterocycles. The highest BCUT2D eigenvalue weighted by Gasteiger charge is 2.09. The Kier molecular flexibility index (Phi) is 2.92. The summed E-state index contributed by atoms with van der Waals surface area (Å²) in [6, 6.07) is 11.1. The largest absolute Gasteiger partial charge is 0.330 e. The Labute approximate surface area is 93.7 Å². The average Bonchev–Trinajstić information content (AvgIpc) is 2.71. The van der Waals surface area contributed by atoms with Crippen molar-refractivity contribution in [1.29, 1.82) is 0 Å². The molecule has 1 heterocycles. The van der Waals surface area contributed by atoms with Crippen LogP contribution in [0, 0.1) is 0 Å². The van der Waals surface area contributed by atoms with Gasteiger partial charge in [-0.1, -0.05) is 25.1 Å². The summed E-state index contributed by atoms with van der Waals surface area (Å²) < 4.78 is 1.53. The molecule has 1 atom stereocenters. The first kappa shape index (κ1) is 10.7. The summed E-state index contributed by atoms with van der Waals surface area (Å²) in [7, 11) is 0. The van der Waals surface area contributed by atoms with Gasteiger partial charge in [-0.15, -0.1) is 0 Å². The van der Waals surface area contributed by atoms with Gasteiger partial charge in [-0.3, -0.25) is 9.89 Å². The van der Waals surface area contributed by atoms with Crippen LogP contribution in [0.2, 0.25) is 0 Å². The Morgan fingerprint density at radius 2 is 2.06 bits per heavy atom. The van der Waals surface area contributed by atoms with Gasteiger partial charge in [0.2, 0.25) is 0 Å². The number of hydrogen-bond donors (Lipinski definition) is 2. The minimum absolute atomic E-state index is 0.0542. The second-order valence-corrected chi connectivity index (χ2v) is 3.86. The first-order valence-electron chi connectivity index (χ1n) is 5.30. The normalized spacial score (nSPS) is 12.6. The monoisotopic (exact) mass is 217 g/mol. The van der Waals surface area contributed by atoms with Gasteiger partial charge in [0.25, 0.3) is 5.56 Å². The minimum atomic E-state index is -0.0542. The van der Waals surface area contributed by atoms with E-state index in [4.69, 9.17) is 5.73 Å². The number of aromatic nitrogens is 2. The van der Waals surface area contributed by atoms with Crippen molar-refractivity contribution < 1.29 is 0 Å². The van der Waals surface area contributed by atoms with Gasteiger partial charge in [-0.05, 0) is 12.1 Å². The quantitative estimate of drug-likeness (QED) is 0.812. The van der Waals surface area contributed by atoms with Crippen LogP contribution >= 0.6 is 0 Å². The minimum Gasteiger partial charge on any atom is -0.330 e. The van der Waals surface area contributed by atoms with Crippen LogP contribution in [-0.2, 0) is 0 Å². The number of benzene rings is 1. The average molecular weight is 217 g/mol. The Hall–Kier alpha value is -1.81. The summed E-state index contributed by atoms with van der Waals surface area (Å²) in [6.07, 6.45) is 0. The summed E-state index contributed by atoms with van der Waals surface area (Å²) in [5.74, 6) is 0.165. The van der Waals surface area contributed by atoms with E-state index in [2.05, 4.69) is 5.10 Å². The number of nitrogens with two attached hydrogens (primary N) is 1. The Balaban J connectivity index is 2.44. The van der Waals surface area contributed by atoms with Gasteiger partial charge >= 0.3 is 0 Å². The fourth-order valence-corrected chi connectivity index (χ4v) is 1.56. The summed E-state index contributed by atoms with van der Waals surface area (Å²) in [6.45, 7) is 2.51. The Morgan fingerprint density at radius 3 is 2.69 bits per heavy atom. The van der Waals surface area contributed by atoms with Crippen LogP contribution in [0.1, 0.15) is 18.5 Å². The molecule has 0 saturated carbocycles. The van der Waals surface area contributed by atoms with E-state index >= 15 is 0 Å². The Morgan fingerprint density at radius 1 is 1.38 bits per heavy atom. The van der Waals surface area contributed by atoms with E-state index in [9.17, 15) is 4.79 Å². The predicted molar refractivity (Wildman–Crippen MR) is 63.9 cm³/mol. The van der Waals surface area contributed by atoms with Gasteiger partial charge in [-0.25, -0.2) is 4.68 Å². The number of nitrogens with one attached hydrogen (secondary N) is 1. The molecule has 0 aliphatic carbocycles. The van der Waals surface area contributed by atoms with E-state index in [0.29, 0.717) is 6.54 Å². The molecule has 2 aromatic rings. The zero-order valence-corrected chi connectivity index (χ0v) is 9.18. The van der Waals surface area contributed by atoms with E-state index in [-0.39, 0.29) is 11.5 Å². The lowest BCUT2D eigenvalue weighted by molar-refractivity contribution is 0.715. The maximum Gasteiger partial charge on any atom is 0.271 e. The number of aromatic amines is 1. The molecule has 1 aromatic carbocycles. The lowest BCUT2D eigenvalue weighted by atomic mass is 10.1. The third-order valence-electron chi connectivity index (χ3n) is 2.64. The van der Waals surface area contributed by atoms with Crippen molar-refractivity contribution in [2.24, 2.45) is 5.73 Å². The molecule has 0 aliphatic heterocycles. The van der Waals surface area contributed by atoms with Crippen LogP contribution in [0.3, 0.4) is 0 Å². The van der Waals surface area contributed by atoms with E-state index in [1.807, 2.05) is 37.3 Å². The van der Waals surface area contributed by atoms with Crippen LogP contribution in [0.4, 0.5) is 0 Å². The zero-order chi connectivity index (χ0) is 11.5. The van der Waals surface area contributed by atoms with Crippen molar-refractivity contribution in [3.8, 4) is 5.69 Å². The zero-order valence-electron chi connectivity index (χ0n) is 9.18. The smallest absolute Gasteiger partial charge is 0.271 e. The molecule has 0 amide bonds. The second-order valence-electron chi connectivity index (χ2n) is 3.86. The highest BCUT2D eigenvalue weighted by Crippen LogP contribution is 2.10. The van der Waals surface area contributed by atoms with Crippen LogP contribution in [-0.4, -0.2) is 16.3 Å². The van der Waals surface area contributed by atoms with Gasteiger partial charge in [0, 0.05) is 24.2 Å². The van der Waals surface area contributed by atoms with Gasteiger partial charge in [0.15, 0.2) is 0 Å². The van der Waals surface area contributed by atoms with E-state index in [1.54, 1.807) is 6.07 Å². The van der Waals surface area contributed by atoms with Crippen LogP contribution in [0.15, 0.2) is 41.2 Å². The maximum atomic E-state index is 11.8. The van der Waals surface area contributed by atoms with Crippen molar-refractivity contribution in [3.63, 3.8) is 0 Å². The predicted octanol–water partition coefficient (Wildman–Crippen LogP) is 1.23. The van der Waals surface area contributed by atoms with Crippen LogP contribution in [0.5, 0.6) is 0 Å². The SMILES string of the molecule is CC(CN)c1cc(=O)n(-c2ccccc2)[nH]1. The third-order valence-corrected chi connectivity index (χ3v) is 2.64. The molecule has 0 bridgehead atoms. The fourth-order valence-electron chi connectivity index (χ4n) is 1.56. The number of nitrogens with zero attached hydrogens (tertiary/aromatic N) is 1. The molecular weight excluding hydrogens is 202 g/mol. The van der Waals surface area contributed by atoms with Gasteiger partial charge in [-0.2, -0.15) is 0 Å². The van der Waals surface area contributed by atoms with Crippen molar-refractivity contribution in [3.05, 3.63) is 52.4 Å². The van der Waals surface area contributed by atoms with E-state index < -0.39 is 0 Å². The molecule has 16 heavy (non-hydrogen) atoms. The highest BCUT2D eigenvalue weighted by molar-refractivity contribution is 5.30. The summed E-state index contributed by atoms with van der Waals surface area (Å²) in [5, 5.41) is 3.07. The van der Waals surface area contributed by atoms with E-state index in [0.717, 1.165) is 11.4 Å². The summed E-state index contributed by atoms with van der Waals surface area (Å²) in [4.78, 5) is 11.8. The molecule has 0 radical (unpaired) electrons. The Bertz CT molecular complexity index is 513. The first-order chi connectivity index (χ1) is 7.72.